The Morgan fingerprint density at radius 3 is 1.12 bits per heavy atom. The third kappa shape index (κ3) is 6.21. The molecule has 0 N–H and O–H groups in total. The van der Waals surface area contributed by atoms with E-state index in [4.69, 9.17) is 0 Å². The van der Waals surface area contributed by atoms with E-state index in [1.54, 1.807) is 0 Å². The van der Waals surface area contributed by atoms with Crippen LogP contribution >= 0.6 is 7.87 Å². The molecule has 4 nitrogen and oxygen atoms in total. The molecule has 24 heavy (non-hydrogen) atoms. The maximum atomic E-state index is 2.88. The fourth-order valence-electron chi connectivity index (χ4n) is 3.75. The first-order valence-electron chi connectivity index (χ1n) is 10.4. The van der Waals surface area contributed by atoms with Crippen LogP contribution in [0.4, 0.5) is 0 Å². The molecular formula is C19H47N4P. The molecule has 0 unspecified atom stereocenters. The first-order valence-corrected chi connectivity index (χ1v) is 12.1. The Morgan fingerprint density at radius 2 is 0.875 bits per heavy atom. The van der Waals surface area contributed by atoms with Crippen molar-refractivity contribution in [3.05, 3.63) is 0 Å². The number of unbranched alkanes of at least 4 members (excludes halogenated alkanes) is 4. The predicted octanol–water partition coefficient (Wildman–Crippen LogP) is 4.93. The van der Waals surface area contributed by atoms with Gasteiger partial charge in [-0.2, -0.15) is 0 Å². The fraction of sp³-hybridized carbons (Fsp3) is 1.00. The molecule has 0 fully saturated rings. The Bertz CT molecular complexity index is 265. The number of hydrogen-bond donors (Lipinski definition) is 0. The summed E-state index contributed by atoms with van der Waals surface area (Å²) >= 11 is 0. The Kier molecular flexibility index (Phi) is 13.6. The van der Waals surface area contributed by atoms with E-state index in [2.05, 4.69) is 74.4 Å². The van der Waals surface area contributed by atoms with Crippen molar-refractivity contribution in [3.63, 3.8) is 0 Å². The quantitative estimate of drug-likeness (QED) is 0.302. The molecule has 0 aromatic rings. The first-order chi connectivity index (χ1) is 11.5. The van der Waals surface area contributed by atoms with E-state index in [1.807, 2.05) is 0 Å². The Hall–Kier alpha value is 0.270. The summed E-state index contributed by atoms with van der Waals surface area (Å²) in [5, 5.41) is 0. The Morgan fingerprint density at radius 1 is 0.542 bits per heavy atom. The molecule has 0 aliphatic rings. The van der Waals surface area contributed by atoms with Crippen LogP contribution in [-0.2, 0) is 0 Å². The molecule has 0 spiro atoms. The van der Waals surface area contributed by atoms with Crippen LogP contribution in [0, 0.1) is 0 Å². The zero-order valence-corrected chi connectivity index (χ0v) is 19.1. The number of hydrogen-bond acceptors (Lipinski definition) is 4. The molecule has 0 aromatic carbocycles. The first kappa shape index (κ1) is 24.3. The van der Waals surface area contributed by atoms with Gasteiger partial charge in [-0.1, -0.05) is 0 Å². The van der Waals surface area contributed by atoms with E-state index >= 15 is 0 Å². The van der Waals surface area contributed by atoms with Gasteiger partial charge in [0.2, 0.25) is 0 Å². The van der Waals surface area contributed by atoms with Crippen molar-refractivity contribution in [2.45, 2.75) is 73.1 Å². The number of rotatable bonds is 15. The molecule has 0 amide bonds. The van der Waals surface area contributed by atoms with E-state index in [0.717, 1.165) is 19.6 Å². The maximum absolute atomic E-state index is 2.88. The third-order valence-corrected chi connectivity index (χ3v) is 10.8. The number of nitrogens with zero attached hydrogens (tertiary/aromatic N) is 4. The van der Waals surface area contributed by atoms with Gasteiger partial charge in [0.1, 0.15) is 0 Å². The molecule has 0 aliphatic carbocycles. The molecule has 0 atom stereocenters. The summed E-state index contributed by atoms with van der Waals surface area (Å²) in [6.07, 6.45) is 7.93. The molecule has 0 heterocycles. The molecule has 0 aromatic heterocycles. The van der Waals surface area contributed by atoms with Crippen molar-refractivity contribution < 1.29 is 0 Å². The summed E-state index contributed by atoms with van der Waals surface area (Å²) in [6.45, 7) is 17.4. The van der Waals surface area contributed by atoms with Gasteiger partial charge in [0.15, 0.2) is 0 Å². The van der Waals surface area contributed by atoms with Gasteiger partial charge in [-0.3, -0.25) is 0 Å². The van der Waals surface area contributed by atoms with Crippen molar-refractivity contribution in [1.29, 1.82) is 0 Å². The van der Waals surface area contributed by atoms with Crippen molar-refractivity contribution in [2.24, 2.45) is 0 Å². The SMILES string of the molecule is CCCCCN(CCCCC)[PH](N(C)CC)(N(C)CC)N(C)CC. The molecule has 0 aliphatic heterocycles. The van der Waals surface area contributed by atoms with Gasteiger partial charge in [-0.25, -0.2) is 0 Å². The molecule has 0 rings (SSSR count). The van der Waals surface area contributed by atoms with Gasteiger partial charge in [-0.05, 0) is 0 Å². The molecule has 148 valence electrons. The van der Waals surface area contributed by atoms with Crippen molar-refractivity contribution in [2.75, 3.05) is 53.9 Å². The van der Waals surface area contributed by atoms with Gasteiger partial charge in [0, 0.05) is 0 Å². The van der Waals surface area contributed by atoms with Crippen LogP contribution in [0.25, 0.3) is 0 Å². The molecule has 5 heteroatoms. The monoisotopic (exact) mass is 362 g/mol. The topological polar surface area (TPSA) is 13.0 Å². The minimum atomic E-state index is -2.00. The average molecular weight is 363 g/mol. The second-order valence-corrected chi connectivity index (χ2v) is 11.2. The Balaban J connectivity index is 5.70. The van der Waals surface area contributed by atoms with Crippen LogP contribution in [0.1, 0.15) is 73.1 Å². The van der Waals surface area contributed by atoms with Crippen molar-refractivity contribution in [1.82, 2.24) is 18.7 Å². The second-order valence-electron chi connectivity index (χ2n) is 7.04. The third-order valence-electron chi connectivity index (χ3n) is 5.45. The van der Waals surface area contributed by atoms with Crippen molar-refractivity contribution >= 4 is 7.87 Å². The van der Waals surface area contributed by atoms with Crippen LogP contribution in [0.15, 0.2) is 0 Å². The van der Waals surface area contributed by atoms with Gasteiger partial charge in [-0.15, -0.1) is 0 Å². The molecule has 0 saturated carbocycles. The summed E-state index contributed by atoms with van der Waals surface area (Å²) in [4.78, 5) is 0. The normalized spacial score (nSPS) is 13.7. The minimum absolute atomic E-state index is 1.11. The van der Waals surface area contributed by atoms with Crippen molar-refractivity contribution in [3.8, 4) is 0 Å². The van der Waals surface area contributed by atoms with Crippen LogP contribution in [0.3, 0.4) is 0 Å². The van der Waals surface area contributed by atoms with Gasteiger partial charge in [0.05, 0.1) is 0 Å². The molecule has 0 bridgehead atoms. The van der Waals surface area contributed by atoms with E-state index in [-0.39, 0.29) is 0 Å². The summed E-state index contributed by atoms with van der Waals surface area (Å²) in [7, 11) is 5.03. The summed E-state index contributed by atoms with van der Waals surface area (Å²) in [5.74, 6) is 0. The zero-order chi connectivity index (χ0) is 18.6. The van der Waals surface area contributed by atoms with E-state index in [0.29, 0.717) is 0 Å². The standard InChI is InChI=1S/C19H47N4P/c1-9-14-16-18-23(19-17-15-10-2)24(20(6)11-3,21(7)12-4)22(8)13-5/h24H,9-19H2,1-8H3. The van der Waals surface area contributed by atoms with Crippen LogP contribution < -0.4 is 0 Å². The van der Waals surface area contributed by atoms with Crippen LogP contribution in [-0.4, -0.2) is 72.5 Å². The van der Waals surface area contributed by atoms with E-state index in [1.165, 1.54) is 51.6 Å². The Labute approximate surface area is 154 Å². The van der Waals surface area contributed by atoms with Crippen LogP contribution in [0.2, 0.25) is 0 Å². The zero-order valence-electron chi connectivity index (χ0n) is 18.1. The second kappa shape index (κ2) is 13.5. The fourth-order valence-corrected chi connectivity index (χ4v) is 9.14. The van der Waals surface area contributed by atoms with Gasteiger partial charge in [0.25, 0.3) is 0 Å². The summed E-state index contributed by atoms with van der Waals surface area (Å²) < 4.78 is 10.9. The summed E-state index contributed by atoms with van der Waals surface area (Å²) in [5.41, 5.74) is 0. The molecule has 0 saturated heterocycles. The van der Waals surface area contributed by atoms with Crippen LogP contribution in [0.5, 0.6) is 0 Å². The predicted molar refractivity (Wildman–Crippen MR) is 114 cm³/mol. The van der Waals surface area contributed by atoms with Gasteiger partial charge < -0.3 is 0 Å². The van der Waals surface area contributed by atoms with E-state index in [9.17, 15) is 0 Å². The van der Waals surface area contributed by atoms with E-state index < -0.39 is 7.87 Å². The van der Waals surface area contributed by atoms with Gasteiger partial charge >= 0.3 is 154 Å². The molecular weight excluding hydrogens is 315 g/mol. The summed E-state index contributed by atoms with van der Waals surface area (Å²) in [6, 6.07) is 0. The average Bonchev–Trinajstić information content (AvgIpc) is 2.60. The molecule has 0 radical (unpaired) electrons.